The Morgan fingerprint density at radius 1 is 1.07 bits per heavy atom. The summed E-state index contributed by atoms with van der Waals surface area (Å²) in [5.41, 5.74) is 3.79. The Balaban J connectivity index is 1.37. The van der Waals surface area contributed by atoms with Crippen molar-refractivity contribution in [1.29, 1.82) is 0 Å². The van der Waals surface area contributed by atoms with E-state index in [1.807, 2.05) is 18.3 Å². The molecule has 27 heavy (non-hydrogen) atoms. The summed E-state index contributed by atoms with van der Waals surface area (Å²) in [5.74, 6) is 1.04. The van der Waals surface area contributed by atoms with E-state index in [4.69, 9.17) is 12.2 Å². The van der Waals surface area contributed by atoms with Crippen LogP contribution in [0.2, 0.25) is 0 Å². The predicted octanol–water partition coefficient (Wildman–Crippen LogP) is 3.32. The minimum atomic E-state index is 0.804. The Labute approximate surface area is 166 Å². The normalized spacial score (nSPS) is 18.4. The third-order valence-electron chi connectivity index (χ3n) is 5.12. The number of rotatable bonds is 2. The highest BCUT2D eigenvalue weighted by atomic mass is 32.1. The van der Waals surface area contributed by atoms with E-state index in [1.165, 1.54) is 16.8 Å². The minimum absolute atomic E-state index is 0.804. The van der Waals surface area contributed by atoms with Crippen LogP contribution in [0.25, 0.3) is 5.57 Å². The SMILES string of the molecule is S=C(N/C=C1/CCCNc2ccccc21)N1CCN(c2ccccn2)CC1. The van der Waals surface area contributed by atoms with Crippen molar-refractivity contribution in [2.75, 3.05) is 42.9 Å². The summed E-state index contributed by atoms with van der Waals surface area (Å²) in [6, 6.07) is 14.5. The van der Waals surface area contributed by atoms with Crippen LogP contribution in [0.1, 0.15) is 18.4 Å². The predicted molar refractivity (Wildman–Crippen MR) is 116 cm³/mol. The fourth-order valence-corrected chi connectivity index (χ4v) is 3.86. The molecule has 5 nitrogen and oxygen atoms in total. The van der Waals surface area contributed by atoms with E-state index in [2.05, 4.69) is 61.9 Å². The van der Waals surface area contributed by atoms with Gasteiger partial charge in [0, 0.05) is 56.4 Å². The van der Waals surface area contributed by atoms with Crippen LogP contribution in [-0.4, -0.2) is 47.7 Å². The van der Waals surface area contributed by atoms with Crippen LogP contribution in [-0.2, 0) is 0 Å². The summed E-state index contributed by atoms with van der Waals surface area (Å²) in [6.07, 6.45) is 6.11. The van der Waals surface area contributed by atoms with E-state index in [-0.39, 0.29) is 0 Å². The number of hydrogen-bond donors (Lipinski definition) is 2. The maximum Gasteiger partial charge on any atom is 0.173 e. The fraction of sp³-hybridized carbons (Fsp3) is 0.333. The molecule has 1 fully saturated rings. The van der Waals surface area contributed by atoms with Crippen LogP contribution in [0, 0.1) is 0 Å². The number of fused-ring (bicyclic) bond motifs is 1. The lowest BCUT2D eigenvalue weighted by atomic mass is 10.0. The number of benzene rings is 1. The van der Waals surface area contributed by atoms with Gasteiger partial charge in [0.1, 0.15) is 5.82 Å². The molecule has 1 aromatic heterocycles. The monoisotopic (exact) mass is 379 g/mol. The van der Waals surface area contributed by atoms with Crippen LogP contribution in [0.5, 0.6) is 0 Å². The smallest absolute Gasteiger partial charge is 0.173 e. The average Bonchev–Trinajstić information content (AvgIpc) is 2.95. The largest absolute Gasteiger partial charge is 0.385 e. The molecule has 2 aromatic rings. The zero-order valence-corrected chi connectivity index (χ0v) is 16.2. The van der Waals surface area contributed by atoms with E-state index in [0.29, 0.717) is 0 Å². The third kappa shape index (κ3) is 4.22. The Morgan fingerprint density at radius 2 is 1.89 bits per heavy atom. The van der Waals surface area contributed by atoms with Crippen LogP contribution in [0.3, 0.4) is 0 Å². The van der Waals surface area contributed by atoms with Crippen molar-refractivity contribution in [2.24, 2.45) is 0 Å². The van der Waals surface area contributed by atoms with Crippen molar-refractivity contribution < 1.29 is 0 Å². The molecule has 0 radical (unpaired) electrons. The van der Waals surface area contributed by atoms with E-state index < -0.39 is 0 Å². The van der Waals surface area contributed by atoms with Crippen molar-refractivity contribution in [2.45, 2.75) is 12.8 Å². The van der Waals surface area contributed by atoms with Gasteiger partial charge in [0.25, 0.3) is 0 Å². The average molecular weight is 380 g/mol. The van der Waals surface area contributed by atoms with Gasteiger partial charge in [-0.05, 0) is 48.8 Å². The number of para-hydroxylation sites is 1. The molecule has 0 saturated carbocycles. The van der Waals surface area contributed by atoms with E-state index in [1.54, 1.807) is 0 Å². The molecule has 0 unspecified atom stereocenters. The molecule has 1 saturated heterocycles. The van der Waals surface area contributed by atoms with Gasteiger partial charge >= 0.3 is 0 Å². The number of hydrogen-bond acceptors (Lipinski definition) is 4. The molecule has 0 atom stereocenters. The Bertz CT molecular complexity index is 812. The zero-order valence-electron chi connectivity index (χ0n) is 15.4. The van der Waals surface area contributed by atoms with Gasteiger partial charge in [-0.15, -0.1) is 0 Å². The van der Waals surface area contributed by atoms with Crippen molar-refractivity contribution in [3.8, 4) is 0 Å². The zero-order chi connectivity index (χ0) is 18.5. The molecule has 0 aliphatic carbocycles. The molecule has 0 spiro atoms. The highest BCUT2D eigenvalue weighted by molar-refractivity contribution is 7.80. The van der Waals surface area contributed by atoms with Gasteiger partial charge in [0.15, 0.2) is 5.11 Å². The van der Waals surface area contributed by atoms with Crippen molar-refractivity contribution in [3.05, 3.63) is 60.4 Å². The van der Waals surface area contributed by atoms with Crippen LogP contribution >= 0.6 is 12.2 Å². The number of nitrogens with zero attached hydrogens (tertiary/aromatic N) is 3. The Kier molecular flexibility index (Phi) is 5.53. The first kappa shape index (κ1) is 17.8. The topological polar surface area (TPSA) is 43.4 Å². The molecule has 2 aliphatic heterocycles. The summed E-state index contributed by atoms with van der Waals surface area (Å²) in [6.45, 7) is 4.69. The van der Waals surface area contributed by atoms with E-state index in [0.717, 1.165) is 56.5 Å². The second-order valence-corrected chi connectivity index (χ2v) is 7.24. The third-order valence-corrected chi connectivity index (χ3v) is 5.50. The number of aromatic nitrogens is 1. The molecular formula is C21H25N5S. The number of pyridine rings is 1. The molecule has 4 rings (SSSR count). The number of nitrogens with one attached hydrogen (secondary N) is 2. The van der Waals surface area contributed by atoms with Gasteiger partial charge in [-0.2, -0.15) is 0 Å². The number of allylic oxidation sites excluding steroid dienone is 1. The maximum atomic E-state index is 5.65. The minimum Gasteiger partial charge on any atom is -0.385 e. The molecule has 0 bridgehead atoms. The fourth-order valence-electron chi connectivity index (χ4n) is 3.62. The number of thiocarbonyl (C=S) groups is 1. The summed E-state index contributed by atoms with van der Waals surface area (Å²) in [7, 11) is 0. The number of anilines is 2. The van der Waals surface area contributed by atoms with Gasteiger partial charge in [-0.3, -0.25) is 0 Å². The van der Waals surface area contributed by atoms with Gasteiger partial charge in [0.05, 0.1) is 0 Å². The summed E-state index contributed by atoms with van der Waals surface area (Å²) in [4.78, 5) is 9.00. The standard InChI is InChI=1S/C21H25N5S/c27-21(26-14-12-25(13-15-26)20-9-3-4-10-23-20)24-16-17-6-5-11-22-19-8-2-1-7-18(17)19/h1-4,7-10,16,22H,5-6,11-15H2,(H,24,27)/b17-16-. The van der Waals surface area contributed by atoms with Crippen LogP contribution in [0.15, 0.2) is 54.9 Å². The second-order valence-electron chi connectivity index (χ2n) is 6.86. The quantitative estimate of drug-likeness (QED) is 0.781. The van der Waals surface area contributed by atoms with E-state index >= 15 is 0 Å². The first-order valence-electron chi connectivity index (χ1n) is 9.55. The molecular weight excluding hydrogens is 354 g/mol. The van der Waals surface area contributed by atoms with Crippen molar-refractivity contribution in [3.63, 3.8) is 0 Å². The molecule has 1 aromatic carbocycles. The molecule has 2 N–H and O–H groups in total. The first-order valence-corrected chi connectivity index (χ1v) is 9.96. The van der Waals surface area contributed by atoms with Crippen LogP contribution in [0.4, 0.5) is 11.5 Å². The van der Waals surface area contributed by atoms with Crippen LogP contribution < -0.4 is 15.5 Å². The first-order chi connectivity index (χ1) is 13.3. The molecule has 6 heteroatoms. The lowest BCUT2D eigenvalue weighted by Gasteiger charge is -2.36. The highest BCUT2D eigenvalue weighted by Gasteiger charge is 2.19. The number of piperazine rings is 1. The Morgan fingerprint density at radius 3 is 2.70 bits per heavy atom. The Hall–Kier alpha value is -2.60. The molecule has 3 heterocycles. The van der Waals surface area contributed by atoms with Crippen molar-refractivity contribution >= 4 is 34.4 Å². The van der Waals surface area contributed by atoms with Gasteiger partial charge in [0.2, 0.25) is 0 Å². The van der Waals surface area contributed by atoms with Crippen molar-refractivity contribution in [1.82, 2.24) is 15.2 Å². The summed E-state index contributed by atoms with van der Waals surface area (Å²) in [5, 5.41) is 7.69. The van der Waals surface area contributed by atoms with Gasteiger partial charge < -0.3 is 20.4 Å². The molecule has 140 valence electrons. The summed E-state index contributed by atoms with van der Waals surface area (Å²) < 4.78 is 0. The lowest BCUT2D eigenvalue weighted by Crippen LogP contribution is -2.51. The van der Waals surface area contributed by atoms with E-state index in [9.17, 15) is 0 Å². The van der Waals surface area contributed by atoms with Gasteiger partial charge in [-0.25, -0.2) is 4.98 Å². The summed E-state index contributed by atoms with van der Waals surface area (Å²) >= 11 is 5.65. The molecule has 0 amide bonds. The second kappa shape index (κ2) is 8.39. The lowest BCUT2D eigenvalue weighted by molar-refractivity contribution is 0.383. The maximum absolute atomic E-state index is 5.65. The molecule has 2 aliphatic rings. The highest BCUT2D eigenvalue weighted by Crippen LogP contribution is 2.29. The van der Waals surface area contributed by atoms with Gasteiger partial charge in [-0.1, -0.05) is 24.3 Å².